The molecule has 0 radical (unpaired) electrons. The van der Waals surface area contributed by atoms with Gasteiger partial charge in [-0.05, 0) is 12.1 Å². The molecule has 1 N–H and O–H groups in total. The highest BCUT2D eigenvalue weighted by Gasteiger charge is 2.31. The summed E-state index contributed by atoms with van der Waals surface area (Å²) >= 11 is 0. The molecule has 2 heterocycles. The molecule has 3 rings (SSSR count). The number of amides is 1. The third kappa shape index (κ3) is 2.24. The number of hydrogen-bond donors (Lipinski definition) is 1. The molecular weight excluding hydrogens is 246 g/mol. The number of benzene rings is 1. The number of fused-ring (bicyclic) bond motifs is 1. The summed E-state index contributed by atoms with van der Waals surface area (Å²) in [5.74, 6) is 0.619. The molecule has 0 saturated heterocycles. The number of imidazole rings is 1. The average molecular weight is 259 g/mol. The lowest BCUT2D eigenvalue weighted by molar-refractivity contribution is -0.0431. The molecule has 6 heteroatoms. The molecule has 1 aromatic heterocycles. The van der Waals surface area contributed by atoms with Gasteiger partial charge in [-0.15, -0.1) is 0 Å². The van der Waals surface area contributed by atoms with Crippen LogP contribution in [0.25, 0.3) is 0 Å². The Morgan fingerprint density at radius 3 is 2.84 bits per heavy atom. The van der Waals surface area contributed by atoms with Crippen molar-refractivity contribution in [1.82, 2.24) is 9.55 Å². The van der Waals surface area contributed by atoms with E-state index in [1.54, 1.807) is 30.6 Å². The predicted molar refractivity (Wildman–Crippen MR) is 68.4 cm³/mol. The number of nitrogens with zero attached hydrogens (tertiary/aromatic N) is 2. The van der Waals surface area contributed by atoms with Crippen LogP contribution in [0, 0.1) is 0 Å². The van der Waals surface area contributed by atoms with Gasteiger partial charge in [-0.2, -0.15) is 0 Å². The van der Waals surface area contributed by atoms with Crippen LogP contribution in [0.3, 0.4) is 0 Å². The van der Waals surface area contributed by atoms with Crippen molar-refractivity contribution in [3.63, 3.8) is 0 Å². The third-order valence-electron chi connectivity index (χ3n) is 2.65. The summed E-state index contributed by atoms with van der Waals surface area (Å²) in [4.78, 5) is 15.7. The molecule has 0 fully saturated rings. The zero-order valence-electron chi connectivity index (χ0n) is 10.6. The van der Waals surface area contributed by atoms with Gasteiger partial charge in [-0.25, -0.2) is 9.78 Å². The second-order valence-corrected chi connectivity index (χ2v) is 4.67. The van der Waals surface area contributed by atoms with Crippen molar-refractivity contribution in [2.75, 3.05) is 5.32 Å². The van der Waals surface area contributed by atoms with Crippen LogP contribution in [-0.4, -0.2) is 21.4 Å². The number of ether oxygens (including phenoxy) is 2. The molecule has 19 heavy (non-hydrogen) atoms. The number of anilines is 1. The van der Waals surface area contributed by atoms with E-state index in [0.29, 0.717) is 17.2 Å². The van der Waals surface area contributed by atoms with E-state index in [1.807, 2.05) is 13.8 Å². The molecule has 0 bridgehead atoms. The highest BCUT2D eigenvalue weighted by atomic mass is 16.7. The van der Waals surface area contributed by atoms with Gasteiger partial charge in [0.25, 0.3) is 0 Å². The third-order valence-corrected chi connectivity index (χ3v) is 2.65. The summed E-state index contributed by atoms with van der Waals surface area (Å²) in [7, 11) is 0. The van der Waals surface area contributed by atoms with E-state index in [1.165, 1.54) is 10.9 Å². The first-order valence-corrected chi connectivity index (χ1v) is 5.85. The van der Waals surface area contributed by atoms with Gasteiger partial charge in [-0.1, -0.05) is 0 Å². The van der Waals surface area contributed by atoms with Crippen LogP contribution in [0.15, 0.2) is 36.9 Å². The Bertz CT molecular complexity index is 620. The zero-order valence-corrected chi connectivity index (χ0v) is 10.6. The average Bonchev–Trinajstić information content (AvgIpc) is 2.93. The number of carbonyl (C=O) groups is 1. The van der Waals surface area contributed by atoms with Gasteiger partial charge in [0.1, 0.15) is 6.33 Å². The minimum absolute atomic E-state index is 0.282. The lowest BCUT2D eigenvalue weighted by Crippen LogP contribution is -2.29. The molecular formula is C13H13N3O3. The number of aromatic nitrogens is 2. The summed E-state index contributed by atoms with van der Waals surface area (Å²) in [6.45, 7) is 3.66. The van der Waals surface area contributed by atoms with E-state index >= 15 is 0 Å². The Kier molecular flexibility index (Phi) is 2.45. The number of carbonyl (C=O) groups excluding carboxylic acids is 1. The van der Waals surface area contributed by atoms with Crippen molar-refractivity contribution in [2.45, 2.75) is 19.6 Å². The molecule has 2 aromatic rings. The van der Waals surface area contributed by atoms with Crippen LogP contribution in [0.1, 0.15) is 13.8 Å². The summed E-state index contributed by atoms with van der Waals surface area (Å²) in [5.41, 5.74) is 0.638. The number of hydrogen-bond acceptors (Lipinski definition) is 4. The minimum atomic E-state index is -0.671. The lowest BCUT2D eigenvalue weighted by Gasteiger charge is -2.16. The zero-order chi connectivity index (χ0) is 13.5. The maximum Gasteiger partial charge on any atom is 0.331 e. The molecule has 0 aliphatic carbocycles. The lowest BCUT2D eigenvalue weighted by atomic mass is 10.3. The van der Waals surface area contributed by atoms with Crippen molar-refractivity contribution in [3.8, 4) is 11.5 Å². The van der Waals surface area contributed by atoms with Crippen molar-refractivity contribution in [2.24, 2.45) is 0 Å². The number of rotatable bonds is 1. The molecule has 0 atom stereocenters. The molecule has 0 saturated carbocycles. The Hall–Kier alpha value is -2.50. The largest absolute Gasteiger partial charge is 0.449 e. The van der Waals surface area contributed by atoms with Gasteiger partial charge in [0.15, 0.2) is 11.5 Å². The van der Waals surface area contributed by atoms with Gasteiger partial charge >= 0.3 is 6.03 Å². The van der Waals surface area contributed by atoms with E-state index in [9.17, 15) is 4.79 Å². The monoisotopic (exact) mass is 259 g/mol. The number of nitrogens with one attached hydrogen (secondary N) is 1. The van der Waals surface area contributed by atoms with Gasteiger partial charge in [-0.3, -0.25) is 4.57 Å². The van der Waals surface area contributed by atoms with Crippen molar-refractivity contribution in [3.05, 3.63) is 36.9 Å². The Morgan fingerprint density at radius 2 is 2.11 bits per heavy atom. The Morgan fingerprint density at radius 1 is 1.32 bits per heavy atom. The van der Waals surface area contributed by atoms with E-state index < -0.39 is 5.79 Å². The van der Waals surface area contributed by atoms with Crippen molar-refractivity contribution < 1.29 is 14.3 Å². The van der Waals surface area contributed by atoms with Crippen molar-refractivity contribution in [1.29, 1.82) is 0 Å². The molecule has 1 aliphatic rings. The van der Waals surface area contributed by atoms with Gasteiger partial charge in [0.2, 0.25) is 5.79 Å². The Balaban J connectivity index is 1.79. The van der Waals surface area contributed by atoms with E-state index in [0.717, 1.165) is 0 Å². The second kappa shape index (κ2) is 4.01. The highest BCUT2D eigenvalue weighted by molar-refractivity contribution is 5.91. The van der Waals surface area contributed by atoms with Gasteiger partial charge in [0, 0.05) is 38.0 Å². The standard InChI is InChI=1S/C13H13N3O3/c1-13(2)18-10-4-3-9(7-11(10)19-13)15-12(17)16-6-5-14-8-16/h3-8H,1-2H3,(H,15,17). The highest BCUT2D eigenvalue weighted by Crippen LogP contribution is 2.40. The van der Waals surface area contributed by atoms with Crippen LogP contribution >= 0.6 is 0 Å². The maximum atomic E-state index is 11.8. The first-order chi connectivity index (χ1) is 9.03. The second-order valence-electron chi connectivity index (χ2n) is 4.67. The van der Waals surface area contributed by atoms with Crippen LogP contribution in [0.2, 0.25) is 0 Å². The van der Waals surface area contributed by atoms with Crippen LogP contribution in [0.4, 0.5) is 10.5 Å². The summed E-state index contributed by atoms with van der Waals surface area (Å²) < 4.78 is 12.5. The molecule has 0 spiro atoms. The van der Waals surface area contributed by atoms with E-state index in [2.05, 4.69) is 10.3 Å². The SMILES string of the molecule is CC1(C)Oc2ccc(NC(=O)n3ccnc3)cc2O1. The van der Waals surface area contributed by atoms with Gasteiger partial charge < -0.3 is 14.8 Å². The molecule has 98 valence electrons. The Labute approximate surface area is 110 Å². The van der Waals surface area contributed by atoms with E-state index in [4.69, 9.17) is 9.47 Å². The fourth-order valence-electron chi connectivity index (χ4n) is 1.87. The minimum Gasteiger partial charge on any atom is -0.449 e. The van der Waals surface area contributed by atoms with Crippen molar-refractivity contribution >= 4 is 11.7 Å². The van der Waals surface area contributed by atoms with Gasteiger partial charge in [0.05, 0.1) is 0 Å². The maximum absolute atomic E-state index is 11.8. The summed E-state index contributed by atoms with van der Waals surface area (Å²) in [6.07, 6.45) is 4.55. The molecule has 1 aromatic carbocycles. The van der Waals surface area contributed by atoms with Crippen LogP contribution < -0.4 is 14.8 Å². The van der Waals surface area contributed by atoms with Crippen LogP contribution in [-0.2, 0) is 0 Å². The first kappa shape index (κ1) is 11.6. The fraction of sp³-hybridized carbons (Fsp3) is 0.231. The summed E-state index contributed by atoms with van der Waals surface area (Å²) in [5, 5.41) is 2.75. The molecule has 1 amide bonds. The molecule has 6 nitrogen and oxygen atoms in total. The fourth-order valence-corrected chi connectivity index (χ4v) is 1.87. The smallest absolute Gasteiger partial charge is 0.331 e. The normalized spacial score (nSPS) is 15.3. The quantitative estimate of drug-likeness (QED) is 0.854. The molecule has 1 aliphatic heterocycles. The molecule has 0 unspecified atom stereocenters. The first-order valence-electron chi connectivity index (χ1n) is 5.85. The van der Waals surface area contributed by atoms with Crippen LogP contribution in [0.5, 0.6) is 11.5 Å². The topological polar surface area (TPSA) is 65.4 Å². The predicted octanol–water partition coefficient (Wildman–Crippen LogP) is 2.47. The summed E-state index contributed by atoms with van der Waals surface area (Å²) in [6, 6.07) is 4.99. The van der Waals surface area contributed by atoms with E-state index in [-0.39, 0.29) is 6.03 Å².